The fraction of sp³-hybridized carbons (Fsp3) is 0.269. The lowest BCUT2D eigenvalue weighted by molar-refractivity contribution is 0.0467. The van der Waals surface area contributed by atoms with Gasteiger partial charge in [-0.25, -0.2) is 9.78 Å². The van der Waals surface area contributed by atoms with Crippen molar-refractivity contribution in [2.45, 2.75) is 44.6 Å². The second kappa shape index (κ2) is 10.2. The average molecular weight is 489 g/mol. The number of rotatable bonds is 6. The van der Waals surface area contributed by atoms with Gasteiger partial charge in [-0.15, -0.1) is 0 Å². The lowest BCUT2D eigenvalue weighted by Crippen LogP contribution is -2.17. The first-order chi connectivity index (χ1) is 17.1. The maximum Gasteiger partial charge on any atom is 0.338 e. The van der Waals surface area contributed by atoms with Gasteiger partial charge in [-0.1, -0.05) is 54.9 Å². The zero-order valence-corrected chi connectivity index (χ0v) is 19.8. The van der Waals surface area contributed by atoms with Crippen molar-refractivity contribution in [3.05, 3.63) is 92.8 Å². The van der Waals surface area contributed by atoms with Crippen LogP contribution in [0.25, 0.3) is 4.96 Å². The largest absolute Gasteiger partial charge is 0.456 e. The van der Waals surface area contributed by atoms with Crippen LogP contribution in [0.4, 0.5) is 5.69 Å². The van der Waals surface area contributed by atoms with E-state index in [4.69, 9.17) is 4.74 Å². The molecule has 0 atom stereocenters. The van der Waals surface area contributed by atoms with E-state index in [2.05, 4.69) is 15.4 Å². The number of fused-ring (bicyclic) bond motifs is 1. The number of nitrogens with one attached hydrogen (secondary N) is 1. The van der Waals surface area contributed by atoms with Crippen LogP contribution in [-0.2, 0) is 11.3 Å². The minimum atomic E-state index is -0.574. The van der Waals surface area contributed by atoms with E-state index >= 15 is 0 Å². The van der Waals surface area contributed by atoms with Gasteiger partial charge < -0.3 is 10.1 Å². The number of amides is 1. The van der Waals surface area contributed by atoms with E-state index < -0.39 is 5.97 Å². The predicted molar refractivity (Wildman–Crippen MR) is 133 cm³/mol. The Morgan fingerprint density at radius 2 is 1.77 bits per heavy atom. The fourth-order valence-electron chi connectivity index (χ4n) is 4.20. The monoisotopic (exact) mass is 488 g/mol. The minimum absolute atomic E-state index is 0.137. The SMILES string of the molecule is O=C(Nc1cccc(C(=O)OCc2cc(=O)n3nc(C4CCCCC4)sc3n2)c1)c1ccccc1. The molecule has 0 unspecified atom stereocenters. The van der Waals surface area contributed by atoms with Crippen molar-refractivity contribution in [2.24, 2.45) is 0 Å². The Kier molecular flexibility index (Phi) is 6.67. The Hall–Kier alpha value is -3.85. The summed E-state index contributed by atoms with van der Waals surface area (Å²) >= 11 is 1.43. The Morgan fingerprint density at radius 1 is 1.00 bits per heavy atom. The summed E-state index contributed by atoms with van der Waals surface area (Å²) in [4.78, 5) is 42.6. The van der Waals surface area contributed by atoms with E-state index in [1.54, 1.807) is 48.5 Å². The minimum Gasteiger partial charge on any atom is -0.456 e. The number of hydrogen-bond acceptors (Lipinski definition) is 7. The maximum absolute atomic E-state index is 12.6. The maximum atomic E-state index is 12.6. The molecule has 0 saturated heterocycles. The van der Waals surface area contributed by atoms with Gasteiger partial charge in [0.1, 0.15) is 11.6 Å². The number of nitrogens with zero attached hydrogens (tertiary/aromatic N) is 3. The smallest absolute Gasteiger partial charge is 0.338 e. The zero-order valence-electron chi connectivity index (χ0n) is 19.0. The molecule has 1 N–H and O–H groups in total. The molecule has 2 heterocycles. The number of carbonyl (C=O) groups is 2. The lowest BCUT2D eigenvalue weighted by atomic mass is 9.90. The lowest BCUT2D eigenvalue weighted by Gasteiger charge is -2.18. The number of benzene rings is 2. The molecule has 5 rings (SSSR count). The first-order valence-electron chi connectivity index (χ1n) is 11.6. The van der Waals surface area contributed by atoms with Gasteiger partial charge in [-0.05, 0) is 43.2 Å². The van der Waals surface area contributed by atoms with E-state index in [-0.39, 0.29) is 23.6 Å². The highest BCUT2D eigenvalue weighted by Crippen LogP contribution is 2.34. The molecule has 1 saturated carbocycles. The summed E-state index contributed by atoms with van der Waals surface area (Å²) in [6.07, 6.45) is 5.79. The van der Waals surface area contributed by atoms with E-state index in [0.29, 0.717) is 27.8 Å². The van der Waals surface area contributed by atoms with Gasteiger partial charge in [0.15, 0.2) is 0 Å². The van der Waals surface area contributed by atoms with Gasteiger partial charge in [-0.2, -0.15) is 9.61 Å². The van der Waals surface area contributed by atoms with Gasteiger partial charge >= 0.3 is 5.97 Å². The molecule has 1 fully saturated rings. The third-order valence-corrected chi connectivity index (χ3v) is 7.08. The second-order valence-corrected chi connectivity index (χ2v) is 9.52. The van der Waals surface area contributed by atoms with E-state index in [9.17, 15) is 14.4 Å². The van der Waals surface area contributed by atoms with Crippen LogP contribution < -0.4 is 10.9 Å². The third kappa shape index (κ3) is 5.30. The fourth-order valence-corrected chi connectivity index (χ4v) is 5.29. The molecule has 0 aliphatic heterocycles. The molecule has 2 aromatic heterocycles. The highest BCUT2D eigenvalue weighted by Gasteiger charge is 2.21. The van der Waals surface area contributed by atoms with Crippen LogP contribution >= 0.6 is 11.3 Å². The van der Waals surface area contributed by atoms with Crippen LogP contribution in [0.3, 0.4) is 0 Å². The van der Waals surface area contributed by atoms with Gasteiger partial charge in [0.05, 0.1) is 11.3 Å². The number of hydrogen-bond donors (Lipinski definition) is 1. The van der Waals surface area contributed by atoms with Crippen molar-refractivity contribution in [3.63, 3.8) is 0 Å². The van der Waals surface area contributed by atoms with Gasteiger partial charge in [0, 0.05) is 23.2 Å². The number of esters is 1. The Bertz CT molecular complexity index is 1420. The predicted octanol–water partition coefficient (Wildman–Crippen LogP) is 4.81. The number of carbonyl (C=O) groups excluding carboxylic acids is 2. The standard InChI is InChI=1S/C26H24N4O4S/c31-22-15-21(28-26-30(22)29-24(35-26)18-10-5-2-6-11-18)16-34-25(33)19-12-7-13-20(14-19)27-23(32)17-8-3-1-4-9-17/h1,3-4,7-9,12-15,18H,2,5-6,10-11,16H2,(H,27,32). The highest BCUT2D eigenvalue weighted by molar-refractivity contribution is 7.16. The molecule has 4 aromatic rings. The highest BCUT2D eigenvalue weighted by atomic mass is 32.1. The molecule has 9 heteroatoms. The Balaban J connectivity index is 1.26. The molecule has 2 aromatic carbocycles. The molecule has 178 valence electrons. The molecule has 1 aliphatic carbocycles. The molecule has 1 aliphatic rings. The van der Waals surface area contributed by atoms with Crippen LogP contribution in [0, 0.1) is 0 Å². The van der Waals surface area contributed by atoms with Crippen molar-refractivity contribution >= 4 is 33.9 Å². The molecule has 0 spiro atoms. The topological polar surface area (TPSA) is 103 Å². The van der Waals surface area contributed by atoms with Crippen molar-refractivity contribution in [2.75, 3.05) is 5.32 Å². The number of anilines is 1. The van der Waals surface area contributed by atoms with Crippen molar-refractivity contribution < 1.29 is 14.3 Å². The summed E-state index contributed by atoms with van der Waals surface area (Å²) < 4.78 is 6.74. The second-order valence-electron chi connectivity index (χ2n) is 8.53. The third-order valence-electron chi connectivity index (χ3n) is 6.01. The summed E-state index contributed by atoms with van der Waals surface area (Å²) in [7, 11) is 0. The van der Waals surface area contributed by atoms with E-state index in [1.165, 1.54) is 41.2 Å². The first kappa shape index (κ1) is 22.9. The molecule has 1 amide bonds. The number of aromatic nitrogens is 3. The van der Waals surface area contributed by atoms with Crippen LogP contribution in [0.15, 0.2) is 65.5 Å². The Morgan fingerprint density at radius 3 is 2.57 bits per heavy atom. The van der Waals surface area contributed by atoms with E-state index in [0.717, 1.165) is 17.8 Å². The van der Waals surface area contributed by atoms with Crippen LogP contribution in [0.2, 0.25) is 0 Å². The average Bonchev–Trinajstić information content (AvgIpc) is 3.33. The summed E-state index contributed by atoms with van der Waals surface area (Å²) in [5.41, 5.74) is 1.36. The number of ether oxygens (including phenoxy) is 1. The Labute approximate surface area is 205 Å². The summed E-state index contributed by atoms with van der Waals surface area (Å²) in [5, 5.41) is 8.21. The normalized spacial score (nSPS) is 14.1. The van der Waals surface area contributed by atoms with Crippen LogP contribution in [0.5, 0.6) is 0 Å². The molecule has 0 radical (unpaired) electrons. The molecule has 0 bridgehead atoms. The van der Waals surface area contributed by atoms with E-state index in [1.807, 2.05) is 6.07 Å². The van der Waals surface area contributed by atoms with Gasteiger partial charge in [0.2, 0.25) is 4.96 Å². The summed E-state index contributed by atoms with van der Waals surface area (Å²) in [6.45, 7) is -0.137. The first-order valence-corrected chi connectivity index (χ1v) is 12.4. The molecule has 8 nitrogen and oxygen atoms in total. The van der Waals surface area contributed by atoms with Crippen molar-refractivity contribution in [3.8, 4) is 0 Å². The molecular weight excluding hydrogens is 464 g/mol. The van der Waals surface area contributed by atoms with Crippen molar-refractivity contribution in [1.82, 2.24) is 14.6 Å². The zero-order chi connectivity index (χ0) is 24.2. The van der Waals surface area contributed by atoms with Crippen LogP contribution in [0.1, 0.15) is 69.4 Å². The molecule has 35 heavy (non-hydrogen) atoms. The van der Waals surface area contributed by atoms with Gasteiger partial charge in [0.25, 0.3) is 11.5 Å². The molecular formula is C26H24N4O4S. The quantitative estimate of drug-likeness (QED) is 0.391. The summed E-state index contributed by atoms with van der Waals surface area (Å²) in [6, 6.07) is 16.7. The van der Waals surface area contributed by atoms with Gasteiger partial charge in [-0.3, -0.25) is 9.59 Å². The van der Waals surface area contributed by atoms with Crippen LogP contribution in [-0.4, -0.2) is 26.5 Å². The van der Waals surface area contributed by atoms with Crippen molar-refractivity contribution in [1.29, 1.82) is 0 Å². The summed E-state index contributed by atoms with van der Waals surface area (Å²) in [5.74, 6) is -0.466.